The first-order valence-corrected chi connectivity index (χ1v) is 6.00. The van der Waals surface area contributed by atoms with Crippen molar-refractivity contribution in [3.8, 4) is 0 Å². The van der Waals surface area contributed by atoms with Gasteiger partial charge in [0.15, 0.2) is 0 Å². The van der Waals surface area contributed by atoms with E-state index in [-0.39, 0.29) is 11.9 Å². The van der Waals surface area contributed by atoms with Crippen molar-refractivity contribution >= 4 is 28.9 Å². The summed E-state index contributed by atoms with van der Waals surface area (Å²) in [5, 5.41) is 3.63. The van der Waals surface area contributed by atoms with E-state index in [1.807, 2.05) is 19.1 Å². The van der Waals surface area contributed by atoms with Crippen LogP contribution >= 0.6 is 11.6 Å². The Morgan fingerprint density at radius 1 is 1.53 bits per heavy atom. The Hall–Kier alpha value is -1.26. The molecule has 0 saturated carbocycles. The second-order valence-electron chi connectivity index (χ2n) is 4.34. The summed E-state index contributed by atoms with van der Waals surface area (Å²) in [5.41, 5.74) is 2.89. The van der Waals surface area contributed by atoms with Crippen LogP contribution in [0, 0.1) is 6.92 Å². The SMILES string of the molecule is Cc1c(Cl)ccc2c1N1CCOCC1C(=O)N2. The smallest absolute Gasteiger partial charge is 0.249 e. The molecule has 1 aromatic rings. The van der Waals surface area contributed by atoms with Crippen LogP contribution in [0.25, 0.3) is 0 Å². The zero-order valence-electron chi connectivity index (χ0n) is 9.50. The highest BCUT2D eigenvalue weighted by Gasteiger charge is 2.36. The predicted molar refractivity (Wildman–Crippen MR) is 66.8 cm³/mol. The fraction of sp³-hybridized carbons (Fsp3) is 0.417. The minimum atomic E-state index is -0.228. The van der Waals surface area contributed by atoms with Crippen molar-refractivity contribution in [2.45, 2.75) is 13.0 Å². The molecule has 4 nitrogen and oxygen atoms in total. The average molecular weight is 253 g/mol. The number of halogens is 1. The second kappa shape index (κ2) is 3.89. The van der Waals surface area contributed by atoms with Gasteiger partial charge in [0, 0.05) is 11.6 Å². The van der Waals surface area contributed by atoms with Gasteiger partial charge in [-0.2, -0.15) is 0 Å². The maximum Gasteiger partial charge on any atom is 0.249 e. The van der Waals surface area contributed by atoms with Crippen LogP contribution in [-0.2, 0) is 9.53 Å². The number of nitrogens with zero attached hydrogens (tertiary/aromatic N) is 1. The molecule has 1 unspecified atom stereocenters. The third-order valence-corrected chi connectivity index (χ3v) is 3.75. The summed E-state index contributed by atoms with van der Waals surface area (Å²) in [5.74, 6) is -0.000998. The van der Waals surface area contributed by atoms with Crippen LogP contribution in [0.1, 0.15) is 5.56 Å². The lowest BCUT2D eigenvalue weighted by atomic mass is 10.0. The number of carbonyl (C=O) groups is 1. The van der Waals surface area contributed by atoms with Crippen LogP contribution in [0.5, 0.6) is 0 Å². The summed E-state index contributed by atoms with van der Waals surface area (Å²) in [6.45, 7) is 3.80. The number of ether oxygens (including phenoxy) is 1. The van der Waals surface area contributed by atoms with Crippen molar-refractivity contribution < 1.29 is 9.53 Å². The summed E-state index contributed by atoms with van der Waals surface area (Å²) >= 11 is 6.14. The van der Waals surface area contributed by atoms with Gasteiger partial charge in [0.1, 0.15) is 6.04 Å². The maximum atomic E-state index is 11.9. The van der Waals surface area contributed by atoms with Gasteiger partial charge in [-0.25, -0.2) is 0 Å². The number of nitrogens with one attached hydrogen (secondary N) is 1. The minimum absolute atomic E-state index is 0.000998. The standard InChI is InChI=1S/C12H13ClN2O2/c1-7-8(13)2-3-9-11(7)15-4-5-17-6-10(15)12(16)14-9/h2-3,10H,4-6H2,1H3,(H,14,16). The van der Waals surface area contributed by atoms with Crippen LogP contribution < -0.4 is 10.2 Å². The molecular weight excluding hydrogens is 240 g/mol. The molecule has 90 valence electrons. The van der Waals surface area contributed by atoms with E-state index in [9.17, 15) is 4.79 Å². The second-order valence-corrected chi connectivity index (χ2v) is 4.75. The third kappa shape index (κ3) is 1.59. The summed E-state index contributed by atoms with van der Waals surface area (Å²) < 4.78 is 5.36. The average Bonchev–Trinajstić information content (AvgIpc) is 2.34. The summed E-state index contributed by atoms with van der Waals surface area (Å²) in [7, 11) is 0. The normalized spacial score (nSPS) is 22.8. The third-order valence-electron chi connectivity index (χ3n) is 3.34. The molecule has 0 aliphatic carbocycles. The van der Waals surface area contributed by atoms with E-state index in [1.54, 1.807) is 0 Å². The van der Waals surface area contributed by atoms with Crippen LogP contribution in [0.4, 0.5) is 11.4 Å². The van der Waals surface area contributed by atoms with Gasteiger partial charge >= 0.3 is 0 Å². The molecule has 17 heavy (non-hydrogen) atoms. The molecular formula is C12H13ClN2O2. The van der Waals surface area contributed by atoms with Gasteiger partial charge in [0.2, 0.25) is 5.91 Å². The lowest BCUT2D eigenvalue weighted by Crippen LogP contribution is -2.55. The molecule has 1 fully saturated rings. The Labute approximate surface area is 104 Å². The van der Waals surface area contributed by atoms with Gasteiger partial charge in [-0.3, -0.25) is 4.79 Å². The number of rotatable bonds is 0. The van der Waals surface area contributed by atoms with Gasteiger partial charge in [-0.05, 0) is 24.6 Å². The number of morpholine rings is 1. The van der Waals surface area contributed by atoms with Crippen molar-refractivity contribution in [1.82, 2.24) is 0 Å². The Balaban J connectivity index is 2.14. The first-order chi connectivity index (χ1) is 8.18. The van der Waals surface area contributed by atoms with E-state index < -0.39 is 0 Å². The maximum absolute atomic E-state index is 11.9. The fourth-order valence-corrected chi connectivity index (χ4v) is 2.60. The highest BCUT2D eigenvalue weighted by Crippen LogP contribution is 2.39. The molecule has 0 spiro atoms. The molecule has 1 saturated heterocycles. The van der Waals surface area contributed by atoms with Gasteiger partial charge in [0.05, 0.1) is 24.6 Å². The number of hydrogen-bond acceptors (Lipinski definition) is 3. The van der Waals surface area contributed by atoms with Crippen molar-refractivity contribution in [1.29, 1.82) is 0 Å². The van der Waals surface area contributed by atoms with E-state index in [0.29, 0.717) is 13.2 Å². The van der Waals surface area contributed by atoms with Crippen molar-refractivity contribution in [2.24, 2.45) is 0 Å². The van der Waals surface area contributed by atoms with Crippen molar-refractivity contribution in [3.05, 3.63) is 22.7 Å². The van der Waals surface area contributed by atoms with E-state index in [4.69, 9.17) is 16.3 Å². The van der Waals surface area contributed by atoms with E-state index in [1.165, 1.54) is 0 Å². The fourth-order valence-electron chi connectivity index (χ4n) is 2.45. The van der Waals surface area contributed by atoms with Gasteiger partial charge in [-0.1, -0.05) is 11.6 Å². The molecule has 2 aliphatic rings. The molecule has 0 radical (unpaired) electrons. The van der Waals surface area contributed by atoms with Gasteiger partial charge in [-0.15, -0.1) is 0 Å². The molecule has 5 heteroatoms. The Kier molecular flexibility index (Phi) is 2.49. The quantitative estimate of drug-likeness (QED) is 0.766. The number of fused-ring (bicyclic) bond motifs is 3. The van der Waals surface area contributed by atoms with Crippen molar-refractivity contribution in [2.75, 3.05) is 30.0 Å². The highest BCUT2D eigenvalue weighted by molar-refractivity contribution is 6.32. The summed E-state index contributed by atoms with van der Waals surface area (Å²) in [6, 6.07) is 3.44. The summed E-state index contributed by atoms with van der Waals surface area (Å²) in [4.78, 5) is 14.0. The van der Waals surface area contributed by atoms with E-state index in [2.05, 4.69) is 10.2 Å². The first kappa shape index (κ1) is 10.9. The lowest BCUT2D eigenvalue weighted by Gasteiger charge is -2.41. The number of hydrogen-bond donors (Lipinski definition) is 1. The van der Waals surface area contributed by atoms with Gasteiger partial charge < -0.3 is 15.0 Å². The van der Waals surface area contributed by atoms with Crippen LogP contribution in [0.15, 0.2) is 12.1 Å². The Morgan fingerprint density at radius 2 is 2.35 bits per heavy atom. The van der Waals surface area contributed by atoms with E-state index in [0.717, 1.165) is 28.5 Å². The molecule has 0 aromatic heterocycles. The van der Waals surface area contributed by atoms with Crippen molar-refractivity contribution in [3.63, 3.8) is 0 Å². The minimum Gasteiger partial charge on any atom is -0.377 e. The van der Waals surface area contributed by atoms with Gasteiger partial charge in [0.25, 0.3) is 0 Å². The summed E-state index contributed by atoms with van der Waals surface area (Å²) in [6.07, 6.45) is 0. The monoisotopic (exact) mass is 252 g/mol. The highest BCUT2D eigenvalue weighted by atomic mass is 35.5. The largest absolute Gasteiger partial charge is 0.377 e. The zero-order valence-corrected chi connectivity index (χ0v) is 10.3. The molecule has 2 heterocycles. The number of amides is 1. The van der Waals surface area contributed by atoms with E-state index >= 15 is 0 Å². The van der Waals surface area contributed by atoms with Crippen LogP contribution in [-0.4, -0.2) is 31.7 Å². The number of benzene rings is 1. The molecule has 1 N–H and O–H groups in total. The lowest BCUT2D eigenvalue weighted by molar-refractivity contribution is -0.119. The number of anilines is 2. The predicted octanol–water partition coefficient (Wildman–Crippen LogP) is 1.81. The first-order valence-electron chi connectivity index (χ1n) is 5.63. The Morgan fingerprint density at radius 3 is 3.18 bits per heavy atom. The molecule has 1 aromatic carbocycles. The van der Waals surface area contributed by atoms with Crippen LogP contribution in [0.3, 0.4) is 0 Å². The molecule has 2 aliphatic heterocycles. The zero-order chi connectivity index (χ0) is 12.0. The molecule has 1 atom stereocenters. The Bertz CT molecular complexity index is 490. The van der Waals surface area contributed by atoms with Crippen LogP contribution in [0.2, 0.25) is 5.02 Å². The molecule has 3 rings (SSSR count). The topological polar surface area (TPSA) is 41.6 Å². The number of carbonyl (C=O) groups excluding carboxylic acids is 1. The molecule has 0 bridgehead atoms. The molecule has 1 amide bonds.